The van der Waals surface area contributed by atoms with E-state index in [1.54, 1.807) is 6.20 Å². The minimum absolute atomic E-state index is 0.0453. The van der Waals surface area contributed by atoms with Crippen molar-refractivity contribution < 1.29 is 19.1 Å². The molecule has 2 N–H and O–H groups in total. The summed E-state index contributed by atoms with van der Waals surface area (Å²) in [7, 11) is -1.20. The van der Waals surface area contributed by atoms with Crippen LogP contribution in [0.5, 0.6) is 0 Å². The molecule has 3 aromatic rings. The Labute approximate surface area is 261 Å². The second-order valence-electron chi connectivity index (χ2n) is 13.8. The Morgan fingerprint density at radius 1 is 1.09 bits per heavy atom. The maximum Gasteiger partial charge on any atom is 0.417 e. The molecule has 1 aliphatic carbocycles. The molecule has 1 unspecified atom stereocenters. The zero-order valence-corrected chi connectivity index (χ0v) is 28.6. The van der Waals surface area contributed by atoms with Crippen molar-refractivity contribution in [3.63, 3.8) is 0 Å². The summed E-state index contributed by atoms with van der Waals surface area (Å²) in [5.74, 6) is 0.439. The topological polar surface area (TPSA) is 94.5 Å². The van der Waals surface area contributed by atoms with Crippen LogP contribution in [0, 0.1) is 11.8 Å². The van der Waals surface area contributed by atoms with E-state index in [1.807, 2.05) is 45.0 Å². The van der Waals surface area contributed by atoms with Crippen molar-refractivity contribution >= 4 is 48.7 Å². The minimum Gasteiger partial charge on any atom is -0.443 e. The van der Waals surface area contributed by atoms with Gasteiger partial charge in [-0.1, -0.05) is 56.9 Å². The Bertz CT molecular complexity index is 1380. The Kier molecular flexibility index (Phi) is 11.0. The van der Waals surface area contributed by atoms with Gasteiger partial charge in [0.1, 0.15) is 18.0 Å². The molecule has 1 atom stereocenters. The van der Waals surface area contributed by atoms with Crippen LogP contribution in [0.3, 0.4) is 0 Å². The molecule has 1 aromatic carbocycles. The van der Waals surface area contributed by atoms with Crippen LogP contribution in [0.2, 0.25) is 25.7 Å². The highest BCUT2D eigenvalue weighted by Gasteiger charge is 2.30. The number of pyridine rings is 1. The van der Waals surface area contributed by atoms with Crippen molar-refractivity contribution in [1.29, 1.82) is 0 Å². The fourth-order valence-corrected chi connectivity index (χ4v) is 6.94. The standard InChI is InChI=1S/C33H48N4O4SSi/c1-23(42-36-32(39)41-33(2,3)4)24-13-15-26(16-14-24)31(38)35-28-17-18-34-30-27(28)21-29(25-11-9-8-10-12-25)37(30)22-40-19-20-43(5,6)7/h8-12,17-18,21,23-24,26H,13-16,19-20,22H2,1-7H3,(H,36,39)(H,34,35,38). The second-order valence-corrected chi connectivity index (χ2v) is 20.6. The Hall–Kier alpha value is -2.82. The van der Waals surface area contributed by atoms with E-state index in [2.05, 4.69) is 59.4 Å². The maximum absolute atomic E-state index is 13.5. The molecule has 234 valence electrons. The molecule has 10 heteroatoms. The summed E-state index contributed by atoms with van der Waals surface area (Å²) in [4.78, 5) is 30.2. The van der Waals surface area contributed by atoms with E-state index in [9.17, 15) is 9.59 Å². The second kappa shape index (κ2) is 14.3. The number of ether oxygens (including phenoxy) is 2. The van der Waals surface area contributed by atoms with E-state index in [0.717, 1.165) is 66.3 Å². The number of nitrogens with one attached hydrogen (secondary N) is 2. The molecule has 0 saturated heterocycles. The zero-order valence-electron chi connectivity index (χ0n) is 26.7. The molecule has 2 heterocycles. The number of benzene rings is 1. The van der Waals surface area contributed by atoms with Gasteiger partial charge in [0, 0.05) is 37.4 Å². The molecule has 0 radical (unpaired) electrons. The van der Waals surface area contributed by atoms with Crippen LogP contribution >= 0.6 is 11.9 Å². The number of nitrogens with zero attached hydrogens (tertiary/aromatic N) is 2. The van der Waals surface area contributed by atoms with Crippen LogP contribution in [0.4, 0.5) is 10.5 Å². The SMILES string of the molecule is CC(SNC(=O)OC(C)(C)C)C1CCC(C(=O)Nc2ccnc3c2cc(-c2ccccc2)n3COCC[Si](C)(C)C)CC1. The van der Waals surface area contributed by atoms with Crippen LogP contribution in [0.15, 0.2) is 48.7 Å². The lowest BCUT2D eigenvalue weighted by Gasteiger charge is -2.31. The molecule has 43 heavy (non-hydrogen) atoms. The van der Waals surface area contributed by atoms with Gasteiger partial charge in [-0.05, 0) is 88.1 Å². The van der Waals surface area contributed by atoms with Gasteiger partial charge in [-0.15, -0.1) is 0 Å². The molecular formula is C33H48N4O4SSi. The number of aromatic nitrogens is 2. The Morgan fingerprint density at radius 3 is 2.44 bits per heavy atom. The van der Waals surface area contributed by atoms with Gasteiger partial charge in [0.15, 0.2) is 0 Å². The van der Waals surface area contributed by atoms with Gasteiger partial charge >= 0.3 is 6.09 Å². The number of hydrogen-bond acceptors (Lipinski definition) is 6. The largest absolute Gasteiger partial charge is 0.443 e. The first-order valence-corrected chi connectivity index (χ1v) is 20.0. The van der Waals surface area contributed by atoms with Crippen LogP contribution in [-0.4, -0.2) is 47.1 Å². The quantitative estimate of drug-likeness (QED) is 0.127. The summed E-state index contributed by atoms with van der Waals surface area (Å²) in [6.45, 7) is 15.9. The van der Waals surface area contributed by atoms with Crippen LogP contribution in [0.1, 0.15) is 53.4 Å². The smallest absolute Gasteiger partial charge is 0.417 e. The van der Waals surface area contributed by atoms with Crippen LogP contribution in [0.25, 0.3) is 22.3 Å². The molecule has 1 aliphatic rings. The van der Waals surface area contributed by atoms with E-state index in [0.29, 0.717) is 12.6 Å². The number of carbonyl (C=O) groups is 2. The molecule has 2 aromatic heterocycles. The Balaban J connectivity index is 1.41. The summed E-state index contributed by atoms with van der Waals surface area (Å²) in [6.07, 6.45) is 4.88. The van der Waals surface area contributed by atoms with E-state index in [4.69, 9.17) is 14.5 Å². The van der Waals surface area contributed by atoms with Crippen molar-refractivity contribution in [3.8, 4) is 11.3 Å². The van der Waals surface area contributed by atoms with E-state index < -0.39 is 19.8 Å². The molecular weight excluding hydrogens is 577 g/mol. The highest BCUT2D eigenvalue weighted by molar-refractivity contribution is 7.98. The molecule has 2 amide bonds. The molecule has 1 saturated carbocycles. The number of amides is 2. The summed E-state index contributed by atoms with van der Waals surface area (Å²) in [5, 5.41) is 4.38. The summed E-state index contributed by atoms with van der Waals surface area (Å²) in [5.41, 5.74) is 3.16. The average molecular weight is 625 g/mol. The molecule has 0 bridgehead atoms. The molecule has 1 fully saturated rings. The summed E-state index contributed by atoms with van der Waals surface area (Å²) in [6, 6.07) is 15.3. The predicted octanol–water partition coefficient (Wildman–Crippen LogP) is 8.32. The first-order valence-electron chi connectivity index (χ1n) is 15.4. The van der Waals surface area contributed by atoms with Gasteiger partial charge in [0.05, 0.1) is 11.4 Å². The predicted molar refractivity (Wildman–Crippen MR) is 180 cm³/mol. The van der Waals surface area contributed by atoms with Gasteiger partial charge in [-0.2, -0.15) is 0 Å². The highest BCUT2D eigenvalue weighted by Crippen LogP contribution is 2.36. The van der Waals surface area contributed by atoms with Gasteiger partial charge in [0.25, 0.3) is 0 Å². The lowest BCUT2D eigenvalue weighted by molar-refractivity contribution is -0.121. The maximum atomic E-state index is 13.5. The van der Waals surface area contributed by atoms with Crippen molar-refractivity contribution in [2.45, 2.75) is 96.6 Å². The van der Waals surface area contributed by atoms with Crippen LogP contribution < -0.4 is 10.0 Å². The van der Waals surface area contributed by atoms with Crippen molar-refractivity contribution in [3.05, 3.63) is 48.7 Å². The zero-order chi connectivity index (χ0) is 31.2. The highest BCUT2D eigenvalue weighted by atomic mass is 32.2. The lowest BCUT2D eigenvalue weighted by Crippen LogP contribution is -2.33. The Morgan fingerprint density at radius 2 is 1.79 bits per heavy atom. The normalized spacial score (nSPS) is 18.3. The summed E-state index contributed by atoms with van der Waals surface area (Å²) >= 11 is 1.41. The lowest BCUT2D eigenvalue weighted by atomic mass is 9.80. The fraction of sp³-hybridized carbons (Fsp3) is 0.545. The monoisotopic (exact) mass is 624 g/mol. The van der Waals surface area contributed by atoms with E-state index in [1.165, 1.54) is 11.9 Å². The first-order chi connectivity index (χ1) is 20.3. The number of anilines is 1. The van der Waals surface area contributed by atoms with Gasteiger partial charge in [-0.25, -0.2) is 9.78 Å². The summed E-state index contributed by atoms with van der Waals surface area (Å²) < 4.78 is 16.4. The number of carbonyl (C=O) groups excluding carboxylic acids is 2. The third-order valence-electron chi connectivity index (χ3n) is 7.87. The first kappa shape index (κ1) is 33.1. The third-order valence-corrected chi connectivity index (χ3v) is 10.6. The number of rotatable bonds is 11. The number of fused-ring (bicyclic) bond motifs is 1. The molecule has 8 nitrogen and oxygen atoms in total. The number of hydrogen-bond donors (Lipinski definition) is 2. The molecule has 0 aliphatic heterocycles. The molecule has 4 rings (SSSR count). The average Bonchev–Trinajstić information content (AvgIpc) is 3.32. The van der Waals surface area contributed by atoms with E-state index in [-0.39, 0.29) is 17.1 Å². The van der Waals surface area contributed by atoms with Crippen molar-refractivity contribution in [1.82, 2.24) is 14.3 Å². The van der Waals surface area contributed by atoms with Crippen molar-refractivity contribution in [2.24, 2.45) is 11.8 Å². The fourth-order valence-electron chi connectivity index (χ4n) is 5.39. The van der Waals surface area contributed by atoms with Crippen molar-refractivity contribution in [2.75, 3.05) is 11.9 Å². The molecule has 0 spiro atoms. The minimum atomic E-state index is -1.20. The third kappa shape index (κ3) is 9.58. The van der Waals surface area contributed by atoms with Crippen LogP contribution in [-0.2, 0) is 21.0 Å². The van der Waals surface area contributed by atoms with Gasteiger partial charge < -0.3 is 19.4 Å². The van der Waals surface area contributed by atoms with Gasteiger partial charge in [0.2, 0.25) is 5.91 Å². The van der Waals surface area contributed by atoms with Gasteiger partial charge in [-0.3, -0.25) is 9.52 Å². The van der Waals surface area contributed by atoms with E-state index >= 15 is 0 Å².